The van der Waals surface area contributed by atoms with E-state index in [-0.39, 0.29) is 22.7 Å². The van der Waals surface area contributed by atoms with E-state index >= 15 is 0 Å². The minimum atomic E-state index is -0.535. The minimum Gasteiger partial charge on any atom is -0.381 e. The Hall–Kier alpha value is -5.98. The van der Waals surface area contributed by atoms with Gasteiger partial charge in [-0.05, 0) is 62.7 Å². The highest BCUT2D eigenvalue weighted by molar-refractivity contribution is 6.11. The molecule has 0 radical (unpaired) electrons. The van der Waals surface area contributed by atoms with Crippen molar-refractivity contribution < 1.29 is 14.1 Å². The van der Waals surface area contributed by atoms with Crippen LogP contribution in [0.2, 0.25) is 0 Å². The van der Waals surface area contributed by atoms with E-state index < -0.39 is 5.91 Å². The highest BCUT2D eigenvalue weighted by atomic mass is 16.5. The summed E-state index contributed by atoms with van der Waals surface area (Å²) in [7, 11) is 3.30. The molecule has 13 nitrogen and oxygen atoms in total. The zero-order valence-electron chi connectivity index (χ0n) is 25.3. The van der Waals surface area contributed by atoms with Crippen LogP contribution in [0.4, 0.5) is 11.5 Å². The lowest BCUT2D eigenvalue weighted by Crippen LogP contribution is -2.21. The number of hydrogen-bond acceptors (Lipinski definition) is 7. The van der Waals surface area contributed by atoms with E-state index in [1.54, 1.807) is 104 Å². The van der Waals surface area contributed by atoms with Crippen molar-refractivity contribution in [1.82, 2.24) is 28.9 Å². The summed E-state index contributed by atoms with van der Waals surface area (Å²) in [4.78, 5) is 57.4. The van der Waals surface area contributed by atoms with Crippen molar-refractivity contribution in [3.63, 3.8) is 0 Å². The molecule has 2 N–H and O–H groups in total. The number of carbonyl (C=O) groups is 2. The molecule has 228 valence electrons. The number of aryl methyl sites for hydroxylation is 5. The maximum Gasteiger partial charge on any atom is 0.290 e. The van der Waals surface area contributed by atoms with Crippen molar-refractivity contribution in [1.29, 1.82) is 0 Å². The number of fused-ring (bicyclic) bond motifs is 1. The number of nitrogens with one attached hydrogen (secondary N) is 2. The molecule has 2 amide bonds. The van der Waals surface area contributed by atoms with E-state index in [0.29, 0.717) is 62.8 Å². The van der Waals surface area contributed by atoms with Crippen LogP contribution in [0.5, 0.6) is 0 Å². The number of amides is 2. The zero-order valence-corrected chi connectivity index (χ0v) is 25.3. The fourth-order valence-electron chi connectivity index (χ4n) is 5.42. The van der Waals surface area contributed by atoms with Crippen LogP contribution in [-0.2, 0) is 20.6 Å². The number of pyridine rings is 1. The molecule has 6 aromatic rings. The van der Waals surface area contributed by atoms with Gasteiger partial charge in [0.1, 0.15) is 11.3 Å². The summed E-state index contributed by atoms with van der Waals surface area (Å²) < 4.78 is 11.4. The van der Waals surface area contributed by atoms with Crippen LogP contribution in [0.1, 0.15) is 39.2 Å². The minimum absolute atomic E-state index is 0.0696. The molecule has 0 spiro atoms. The lowest BCUT2D eigenvalue weighted by Gasteiger charge is -2.13. The molecule has 0 bridgehead atoms. The van der Waals surface area contributed by atoms with E-state index in [4.69, 9.17) is 4.52 Å². The standard InChI is InChI=1S/C32H30N8O5/c1-6-39-28-24(31(43)40(39)23-12-10-20(11-13-23)26-19(3)45-38(5)32(26)44)16-18(2)33-27(28)30(42)34-22-9-7-8-21(17-22)29(41)35-25-14-15-37(4)36-25/h7-17H,6H2,1-5H3,(H,34,42)(H,35,36,41). The smallest absolute Gasteiger partial charge is 0.290 e. The normalized spacial score (nSPS) is 11.2. The van der Waals surface area contributed by atoms with E-state index in [1.165, 1.54) is 9.42 Å². The molecule has 0 atom stereocenters. The van der Waals surface area contributed by atoms with Gasteiger partial charge in [0, 0.05) is 49.8 Å². The number of rotatable bonds is 7. The Balaban J connectivity index is 1.35. The third kappa shape index (κ3) is 5.24. The largest absolute Gasteiger partial charge is 0.381 e. The van der Waals surface area contributed by atoms with Crippen molar-refractivity contribution in [2.24, 2.45) is 14.1 Å². The molecule has 13 heteroatoms. The Morgan fingerprint density at radius 3 is 2.31 bits per heavy atom. The van der Waals surface area contributed by atoms with Crippen molar-refractivity contribution in [3.8, 4) is 16.8 Å². The molecule has 0 saturated carbocycles. The lowest BCUT2D eigenvalue weighted by molar-refractivity contribution is 0.101. The van der Waals surface area contributed by atoms with Crippen molar-refractivity contribution in [2.75, 3.05) is 10.6 Å². The van der Waals surface area contributed by atoms with Gasteiger partial charge in [0.2, 0.25) is 0 Å². The van der Waals surface area contributed by atoms with Gasteiger partial charge in [-0.15, -0.1) is 0 Å². The molecule has 4 heterocycles. The monoisotopic (exact) mass is 606 g/mol. The van der Waals surface area contributed by atoms with Gasteiger partial charge in [0.25, 0.3) is 22.9 Å². The Kier molecular flexibility index (Phi) is 7.28. The molecule has 0 unspecified atom stereocenters. The summed E-state index contributed by atoms with van der Waals surface area (Å²) in [6.45, 7) is 5.66. The fraction of sp³-hybridized carbons (Fsp3) is 0.188. The summed E-state index contributed by atoms with van der Waals surface area (Å²) >= 11 is 0. The molecular formula is C32H30N8O5. The quantitative estimate of drug-likeness (QED) is 0.279. The molecule has 0 aliphatic rings. The molecule has 0 saturated heterocycles. The highest BCUT2D eigenvalue weighted by Crippen LogP contribution is 2.25. The van der Waals surface area contributed by atoms with Crippen LogP contribution in [0, 0.1) is 13.8 Å². The number of anilines is 2. The number of aromatic nitrogens is 6. The van der Waals surface area contributed by atoms with Crippen molar-refractivity contribution in [3.05, 3.63) is 110 Å². The van der Waals surface area contributed by atoms with Gasteiger partial charge in [-0.2, -0.15) is 9.84 Å². The first-order valence-electron chi connectivity index (χ1n) is 14.2. The Labute approximate surface area is 256 Å². The highest BCUT2D eigenvalue weighted by Gasteiger charge is 2.23. The third-order valence-electron chi connectivity index (χ3n) is 7.42. The van der Waals surface area contributed by atoms with E-state index in [1.807, 2.05) is 6.92 Å². The molecule has 0 aliphatic heterocycles. The first-order valence-corrected chi connectivity index (χ1v) is 14.2. The van der Waals surface area contributed by atoms with Gasteiger partial charge in [0.15, 0.2) is 11.5 Å². The van der Waals surface area contributed by atoms with Gasteiger partial charge >= 0.3 is 0 Å². The predicted molar refractivity (Wildman–Crippen MR) is 169 cm³/mol. The van der Waals surface area contributed by atoms with Gasteiger partial charge in [0.05, 0.1) is 16.6 Å². The Morgan fingerprint density at radius 1 is 0.911 bits per heavy atom. The average Bonchev–Trinajstić information content (AvgIpc) is 3.64. The van der Waals surface area contributed by atoms with E-state index in [9.17, 15) is 19.2 Å². The number of benzene rings is 2. The third-order valence-corrected chi connectivity index (χ3v) is 7.42. The van der Waals surface area contributed by atoms with Crippen molar-refractivity contribution >= 4 is 34.2 Å². The molecule has 0 fully saturated rings. The molecule has 4 aromatic heterocycles. The molecule has 45 heavy (non-hydrogen) atoms. The SMILES string of the molecule is CCn1c2c(C(=O)Nc3cccc(C(=O)Nc4ccn(C)n4)c3)nc(C)cc2c(=O)n1-c1ccc(-c2c(C)on(C)c2=O)cc1. The summed E-state index contributed by atoms with van der Waals surface area (Å²) in [5.74, 6) is -0.0217. The average molecular weight is 607 g/mol. The summed E-state index contributed by atoms with van der Waals surface area (Å²) in [6, 6.07) is 16.8. The predicted octanol–water partition coefficient (Wildman–Crippen LogP) is 4.02. The van der Waals surface area contributed by atoms with Gasteiger partial charge in [-0.25, -0.2) is 9.67 Å². The van der Waals surface area contributed by atoms with Gasteiger partial charge in [-0.3, -0.25) is 28.5 Å². The molecular weight excluding hydrogens is 576 g/mol. The molecule has 2 aromatic carbocycles. The maximum absolute atomic E-state index is 13.8. The molecule has 0 aliphatic carbocycles. The second-order valence-electron chi connectivity index (χ2n) is 10.6. The Bertz CT molecular complexity index is 2230. The van der Waals surface area contributed by atoms with Crippen LogP contribution in [-0.4, -0.2) is 40.7 Å². The fourth-order valence-corrected chi connectivity index (χ4v) is 5.42. The second kappa shape index (κ2) is 11.3. The summed E-state index contributed by atoms with van der Waals surface area (Å²) in [5, 5.41) is 10.0. The van der Waals surface area contributed by atoms with E-state index in [2.05, 4.69) is 20.7 Å². The Morgan fingerprint density at radius 2 is 1.67 bits per heavy atom. The van der Waals surface area contributed by atoms with E-state index in [0.717, 1.165) is 0 Å². The number of hydrogen-bond donors (Lipinski definition) is 2. The van der Waals surface area contributed by atoms with Crippen LogP contribution in [0.25, 0.3) is 27.7 Å². The number of nitrogens with zero attached hydrogens (tertiary/aromatic N) is 6. The topological polar surface area (TPSA) is 151 Å². The summed E-state index contributed by atoms with van der Waals surface area (Å²) in [5.41, 5.74) is 2.73. The van der Waals surface area contributed by atoms with Crippen LogP contribution in [0.15, 0.2) is 81.0 Å². The van der Waals surface area contributed by atoms with Crippen molar-refractivity contribution in [2.45, 2.75) is 27.3 Å². The lowest BCUT2D eigenvalue weighted by atomic mass is 10.1. The van der Waals surface area contributed by atoms with Crippen LogP contribution in [0.3, 0.4) is 0 Å². The maximum atomic E-state index is 13.8. The first-order chi connectivity index (χ1) is 21.5. The van der Waals surface area contributed by atoms with Crippen LogP contribution < -0.4 is 21.8 Å². The number of carbonyl (C=O) groups excluding carboxylic acids is 2. The van der Waals surface area contributed by atoms with Gasteiger partial charge in [-0.1, -0.05) is 18.2 Å². The van der Waals surface area contributed by atoms with Gasteiger partial charge < -0.3 is 15.2 Å². The zero-order chi connectivity index (χ0) is 32.0. The first kappa shape index (κ1) is 29.1. The second-order valence-corrected chi connectivity index (χ2v) is 10.6. The van der Waals surface area contributed by atoms with Crippen LogP contribution >= 0.6 is 0 Å². The summed E-state index contributed by atoms with van der Waals surface area (Å²) in [6.07, 6.45) is 1.71. The molecule has 6 rings (SSSR count).